The average molecular weight is 254 g/mol. The molecule has 0 atom stereocenters. The Hall–Kier alpha value is -2.55. The molecule has 3 rings (SSSR count). The first-order chi connectivity index (χ1) is 9.16. The largest absolute Gasteiger partial charge is 0.508 e. The Morgan fingerprint density at radius 1 is 0.842 bits per heavy atom. The fourth-order valence-corrected chi connectivity index (χ4v) is 2.25. The normalized spacial score (nSPS) is 10.8. The van der Waals surface area contributed by atoms with Crippen molar-refractivity contribution in [3.8, 4) is 22.6 Å². The van der Waals surface area contributed by atoms with Crippen LogP contribution >= 0.6 is 0 Å². The molecule has 3 aromatic carbocycles. The second-order valence-corrected chi connectivity index (χ2v) is 4.34. The predicted molar refractivity (Wildman–Crippen MR) is 72.7 cm³/mol. The number of halogens is 1. The molecule has 19 heavy (non-hydrogen) atoms. The summed E-state index contributed by atoms with van der Waals surface area (Å²) in [5.74, 6) is -0.600. The molecule has 0 saturated carbocycles. The third kappa shape index (κ3) is 1.89. The highest BCUT2D eigenvalue weighted by molar-refractivity contribution is 5.98. The molecule has 0 bridgehead atoms. The molecule has 0 saturated heterocycles. The van der Waals surface area contributed by atoms with Gasteiger partial charge in [0.15, 0.2) is 0 Å². The molecular formula is C16H11FO2. The van der Waals surface area contributed by atoms with Gasteiger partial charge in [-0.05, 0) is 29.0 Å². The quantitative estimate of drug-likeness (QED) is 0.687. The van der Waals surface area contributed by atoms with Crippen molar-refractivity contribution in [3.63, 3.8) is 0 Å². The lowest BCUT2D eigenvalue weighted by molar-refractivity contribution is 0.451. The van der Waals surface area contributed by atoms with E-state index < -0.39 is 5.82 Å². The summed E-state index contributed by atoms with van der Waals surface area (Å²) >= 11 is 0. The van der Waals surface area contributed by atoms with Crippen molar-refractivity contribution < 1.29 is 14.6 Å². The summed E-state index contributed by atoms with van der Waals surface area (Å²) in [6.45, 7) is 0. The standard InChI is InChI=1S/C16H11FO2/c17-14-8-5-10-3-1-2-4-12(10)16(14)13-7-6-11(18)9-15(13)19/h1-9,18-19H. The Balaban J connectivity index is 2.38. The maximum atomic E-state index is 14.1. The number of rotatable bonds is 1. The van der Waals surface area contributed by atoms with E-state index in [4.69, 9.17) is 0 Å². The summed E-state index contributed by atoms with van der Waals surface area (Å²) in [5.41, 5.74) is 0.711. The Kier molecular flexibility index (Phi) is 2.60. The SMILES string of the molecule is Oc1ccc(-c2c(F)ccc3ccccc23)c(O)c1. The summed E-state index contributed by atoms with van der Waals surface area (Å²) in [5, 5.41) is 20.8. The molecule has 2 nitrogen and oxygen atoms in total. The van der Waals surface area contributed by atoms with Crippen molar-refractivity contribution in [3.05, 3.63) is 60.4 Å². The second-order valence-electron chi connectivity index (χ2n) is 4.34. The lowest BCUT2D eigenvalue weighted by atomic mass is 9.97. The third-order valence-electron chi connectivity index (χ3n) is 3.13. The monoisotopic (exact) mass is 254 g/mol. The zero-order chi connectivity index (χ0) is 13.4. The molecular weight excluding hydrogens is 243 g/mol. The van der Waals surface area contributed by atoms with Gasteiger partial charge in [-0.2, -0.15) is 0 Å². The van der Waals surface area contributed by atoms with E-state index in [-0.39, 0.29) is 11.5 Å². The van der Waals surface area contributed by atoms with E-state index in [1.807, 2.05) is 18.2 Å². The van der Waals surface area contributed by atoms with Crippen LogP contribution < -0.4 is 0 Å². The summed E-state index contributed by atoms with van der Waals surface area (Å²) in [6.07, 6.45) is 0. The Labute approximate surface area is 109 Å². The Bertz CT molecular complexity index is 766. The van der Waals surface area contributed by atoms with Crippen LogP contribution in [0.25, 0.3) is 21.9 Å². The summed E-state index contributed by atoms with van der Waals surface area (Å²) < 4.78 is 14.1. The van der Waals surface area contributed by atoms with Gasteiger partial charge in [0.05, 0.1) is 0 Å². The smallest absolute Gasteiger partial charge is 0.131 e. The lowest BCUT2D eigenvalue weighted by Crippen LogP contribution is -1.87. The molecule has 2 N–H and O–H groups in total. The zero-order valence-electron chi connectivity index (χ0n) is 9.97. The number of hydrogen-bond acceptors (Lipinski definition) is 2. The molecule has 0 fully saturated rings. The molecule has 0 amide bonds. The van der Waals surface area contributed by atoms with Crippen molar-refractivity contribution in [2.24, 2.45) is 0 Å². The van der Waals surface area contributed by atoms with Gasteiger partial charge in [0, 0.05) is 17.2 Å². The highest BCUT2D eigenvalue weighted by Crippen LogP contribution is 2.37. The van der Waals surface area contributed by atoms with Gasteiger partial charge in [0.1, 0.15) is 17.3 Å². The molecule has 0 unspecified atom stereocenters. The van der Waals surface area contributed by atoms with Crippen molar-refractivity contribution in [1.82, 2.24) is 0 Å². The molecule has 3 heteroatoms. The van der Waals surface area contributed by atoms with Crippen molar-refractivity contribution >= 4 is 10.8 Å². The van der Waals surface area contributed by atoms with Crippen molar-refractivity contribution in [1.29, 1.82) is 0 Å². The number of aromatic hydroxyl groups is 2. The minimum atomic E-state index is -0.403. The van der Waals surface area contributed by atoms with Crippen LogP contribution in [0.5, 0.6) is 11.5 Å². The average Bonchev–Trinajstić information content (AvgIpc) is 2.40. The van der Waals surface area contributed by atoms with Gasteiger partial charge in [-0.1, -0.05) is 30.3 Å². The van der Waals surface area contributed by atoms with Crippen LogP contribution in [0.1, 0.15) is 0 Å². The van der Waals surface area contributed by atoms with Gasteiger partial charge in [0.2, 0.25) is 0 Å². The fourth-order valence-electron chi connectivity index (χ4n) is 2.25. The van der Waals surface area contributed by atoms with E-state index in [0.29, 0.717) is 11.1 Å². The Morgan fingerprint density at radius 2 is 1.63 bits per heavy atom. The van der Waals surface area contributed by atoms with Gasteiger partial charge in [-0.3, -0.25) is 0 Å². The van der Waals surface area contributed by atoms with Gasteiger partial charge in [0.25, 0.3) is 0 Å². The number of phenolic OH excluding ortho intramolecular Hbond substituents is 2. The summed E-state index contributed by atoms with van der Waals surface area (Å²) in [6, 6.07) is 14.6. The first-order valence-electron chi connectivity index (χ1n) is 5.86. The first kappa shape index (κ1) is 11.5. The molecule has 0 heterocycles. The summed E-state index contributed by atoms with van der Waals surface area (Å²) in [7, 11) is 0. The highest BCUT2D eigenvalue weighted by atomic mass is 19.1. The van der Waals surface area contributed by atoms with Gasteiger partial charge in [-0.15, -0.1) is 0 Å². The van der Waals surface area contributed by atoms with E-state index >= 15 is 0 Å². The van der Waals surface area contributed by atoms with Crippen LogP contribution in [0.4, 0.5) is 4.39 Å². The first-order valence-corrected chi connectivity index (χ1v) is 5.86. The molecule has 0 aliphatic rings. The van der Waals surface area contributed by atoms with E-state index in [1.165, 1.54) is 24.3 Å². The van der Waals surface area contributed by atoms with Gasteiger partial charge < -0.3 is 10.2 Å². The van der Waals surface area contributed by atoms with Crippen LogP contribution in [-0.2, 0) is 0 Å². The summed E-state index contributed by atoms with van der Waals surface area (Å²) in [4.78, 5) is 0. The number of fused-ring (bicyclic) bond motifs is 1. The third-order valence-corrected chi connectivity index (χ3v) is 3.13. The van der Waals surface area contributed by atoms with Crippen LogP contribution in [0.3, 0.4) is 0 Å². The van der Waals surface area contributed by atoms with E-state index in [2.05, 4.69) is 0 Å². The Morgan fingerprint density at radius 3 is 2.42 bits per heavy atom. The van der Waals surface area contributed by atoms with E-state index in [0.717, 1.165) is 10.8 Å². The van der Waals surface area contributed by atoms with Crippen LogP contribution in [0, 0.1) is 5.82 Å². The minimum Gasteiger partial charge on any atom is -0.508 e. The predicted octanol–water partition coefficient (Wildman–Crippen LogP) is 4.06. The fraction of sp³-hybridized carbons (Fsp3) is 0. The molecule has 0 aliphatic heterocycles. The maximum Gasteiger partial charge on any atom is 0.131 e. The highest BCUT2D eigenvalue weighted by Gasteiger charge is 2.13. The second kappa shape index (κ2) is 4.28. The van der Waals surface area contributed by atoms with Gasteiger partial charge >= 0.3 is 0 Å². The van der Waals surface area contributed by atoms with E-state index in [9.17, 15) is 14.6 Å². The number of benzene rings is 3. The lowest BCUT2D eigenvalue weighted by Gasteiger charge is -2.10. The van der Waals surface area contributed by atoms with Crippen LogP contribution in [0.2, 0.25) is 0 Å². The number of phenols is 2. The van der Waals surface area contributed by atoms with Crippen LogP contribution in [0.15, 0.2) is 54.6 Å². The molecule has 3 aromatic rings. The minimum absolute atomic E-state index is 0.0538. The van der Waals surface area contributed by atoms with E-state index in [1.54, 1.807) is 12.1 Å². The van der Waals surface area contributed by atoms with Crippen molar-refractivity contribution in [2.45, 2.75) is 0 Å². The van der Waals surface area contributed by atoms with Gasteiger partial charge in [-0.25, -0.2) is 4.39 Å². The topological polar surface area (TPSA) is 40.5 Å². The maximum absolute atomic E-state index is 14.1. The molecule has 0 aromatic heterocycles. The number of hydrogen-bond donors (Lipinski definition) is 2. The van der Waals surface area contributed by atoms with Crippen molar-refractivity contribution in [2.75, 3.05) is 0 Å². The van der Waals surface area contributed by atoms with Crippen LogP contribution in [-0.4, -0.2) is 10.2 Å². The molecule has 0 spiro atoms. The molecule has 94 valence electrons. The zero-order valence-corrected chi connectivity index (χ0v) is 9.97. The molecule has 0 radical (unpaired) electrons. The molecule has 0 aliphatic carbocycles.